The van der Waals surface area contributed by atoms with Crippen LogP contribution in [0.2, 0.25) is 0 Å². The Labute approximate surface area is 215 Å². The minimum Gasteiger partial charge on any atom is -0.372 e. The zero-order valence-electron chi connectivity index (χ0n) is 21.2. The molecule has 0 radical (unpaired) electrons. The maximum atomic E-state index is 13.5. The van der Waals surface area contributed by atoms with Gasteiger partial charge in [-0.05, 0) is 73.2 Å². The maximum absolute atomic E-state index is 13.5. The topological polar surface area (TPSA) is 69.7 Å². The SMILES string of the molecule is CC(C)c1ccc(N(CC(=O)NC(C)c2ccc(N3CCCC3)cc2)S(=O)(=O)c2ccccc2)cc1. The van der Waals surface area contributed by atoms with E-state index in [9.17, 15) is 13.2 Å². The predicted molar refractivity (Wildman–Crippen MR) is 146 cm³/mol. The fourth-order valence-electron chi connectivity index (χ4n) is 4.51. The third kappa shape index (κ3) is 5.90. The van der Waals surface area contributed by atoms with Gasteiger partial charge in [-0.25, -0.2) is 8.42 Å². The van der Waals surface area contributed by atoms with Crippen molar-refractivity contribution in [3.63, 3.8) is 0 Å². The molecule has 3 aromatic rings. The van der Waals surface area contributed by atoms with E-state index in [4.69, 9.17) is 0 Å². The van der Waals surface area contributed by atoms with E-state index < -0.39 is 10.0 Å². The van der Waals surface area contributed by atoms with Gasteiger partial charge in [0.2, 0.25) is 5.91 Å². The summed E-state index contributed by atoms with van der Waals surface area (Å²) in [6.07, 6.45) is 2.44. The lowest BCUT2D eigenvalue weighted by Gasteiger charge is -2.25. The van der Waals surface area contributed by atoms with Crippen LogP contribution in [0.4, 0.5) is 11.4 Å². The van der Waals surface area contributed by atoms with E-state index in [-0.39, 0.29) is 23.4 Å². The molecule has 1 aliphatic heterocycles. The smallest absolute Gasteiger partial charge is 0.264 e. The van der Waals surface area contributed by atoms with E-state index in [1.54, 1.807) is 42.5 Å². The molecule has 1 atom stereocenters. The van der Waals surface area contributed by atoms with Crippen LogP contribution < -0.4 is 14.5 Å². The third-order valence-corrected chi connectivity index (χ3v) is 8.50. The summed E-state index contributed by atoms with van der Waals surface area (Å²) < 4.78 is 28.3. The van der Waals surface area contributed by atoms with Crippen molar-refractivity contribution >= 4 is 27.3 Å². The normalized spacial score (nSPS) is 14.6. The molecular formula is C29H35N3O3S. The molecule has 0 aliphatic carbocycles. The molecule has 1 heterocycles. The first kappa shape index (κ1) is 25.8. The van der Waals surface area contributed by atoms with E-state index in [1.807, 2.05) is 31.2 Å². The highest BCUT2D eigenvalue weighted by molar-refractivity contribution is 7.92. The number of amides is 1. The predicted octanol–water partition coefficient (Wildman–Crippen LogP) is 5.48. The van der Waals surface area contributed by atoms with Gasteiger partial charge in [0.25, 0.3) is 10.0 Å². The van der Waals surface area contributed by atoms with Crippen LogP contribution in [0.5, 0.6) is 0 Å². The fraction of sp³-hybridized carbons (Fsp3) is 0.345. The van der Waals surface area contributed by atoms with Crippen molar-refractivity contribution in [1.29, 1.82) is 0 Å². The van der Waals surface area contributed by atoms with Crippen molar-refractivity contribution in [2.24, 2.45) is 0 Å². The molecule has 1 amide bonds. The standard InChI is InChI=1S/C29H35N3O3S/c1-22(2)24-11-17-27(18-12-24)32(36(34,35)28-9-5-4-6-10-28)21-29(33)30-23(3)25-13-15-26(16-14-25)31-19-7-8-20-31/h4-6,9-18,22-23H,7-8,19-21H2,1-3H3,(H,30,33). The van der Waals surface area contributed by atoms with Gasteiger partial charge >= 0.3 is 0 Å². The Balaban J connectivity index is 1.52. The molecule has 3 aromatic carbocycles. The summed E-state index contributed by atoms with van der Waals surface area (Å²) in [5, 5.41) is 2.98. The number of carbonyl (C=O) groups is 1. The molecule has 6 nitrogen and oxygen atoms in total. The van der Waals surface area contributed by atoms with Crippen molar-refractivity contribution in [1.82, 2.24) is 5.32 Å². The second-order valence-corrected chi connectivity index (χ2v) is 11.5. The third-order valence-electron chi connectivity index (χ3n) is 6.71. The molecule has 36 heavy (non-hydrogen) atoms. The summed E-state index contributed by atoms with van der Waals surface area (Å²) in [5.74, 6) is -0.0437. The van der Waals surface area contributed by atoms with Gasteiger partial charge in [0.15, 0.2) is 0 Å². The van der Waals surface area contributed by atoms with Crippen LogP contribution in [0.1, 0.15) is 56.7 Å². The minimum atomic E-state index is -3.93. The summed E-state index contributed by atoms with van der Waals surface area (Å²) >= 11 is 0. The first-order valence-corrected chi connectivity index (χ1v) is 14.0. The molecule has 0 aromatic heterocycles. The Kier molecular flexibility index (Phi) is 7.99. The zero-order valence-corrected chi connectivity index (χ0v) is 22.0. The number of nitrogens with one attached hydrogen (secondary N) is 1. The lowest BCUT2D eigenvalue weighted by atomic mass is 10.0. The van der Waals surface area contributed by atoms with Crippen LogP contribution in [-0.4, -0.2) is 34.0 Å². The number of hydrogen-bond donors (Lipinski definition) is 1. The largest absolute Gasteiger partial charge is 0.372 e. The van der Waals surface area contributed by atoms with Crippen LogP contribution in [0.25, 0.3) is 0 Å². The minimum absolute atomic E-state index is 0.149. The molecule has 0 saturated carbocycles. The molecule has 190 valence electrons. The van der Waals surface area contributed by atoms with Crippen LogP contribution in [0.3, 0.4) is 0 Å². The number of hydrogen-bond acceptors (Lipinski definition) is 4. The average molecular weight is 506 g/mol. The molecule has 0 bridgehead atoms. The lowest BCUT2D eigenvalue weighted by Crippen LogP contribution is -2.41. The molecule has 1 saturated heterocycles. The van der Waals surface area contributed by atoms with E-state index >= 15 is 0 Å². The molecule has 1 aliphatic rings. The van der Waals surface area contributed by atoms with Crippen molar-refractivity contribution in [3.05, 3.63) is 90.0 Å². The number of sulfonamides is 1. The number of rotatable bonds is 9. The summed E-state index contributed by atoms with van der Waals surface area (Å²) in [6, 6.07) is 23.6. The molecule has 0 spiro atoms. The molecule has 1 N–H and O–H groups in total. The van der Waals surface area contributed by atoms with Crippen molar-refractivity contribution in [2.45, 2.75) is 50.5 Å². The van der Waals surface area contributed by atoms with Crippen LogP contribution >= 0.6 is 0 Å². The molecule has 1 fully saturated rings. The van der Waals surface area contributed by atoms with Gasteiger partial charge in [-0.3, -0.25) is 9.10 Å². The summed E-state index contributed by atoms with van der Waals surface area (Å²) in [5.41, 5.74) is 3.73. The van der Waals surface area contributed by atoms with Crippen LogP contribution in [0.15, 0.2) is 83.8 Å². The highest BCUT2D eigenvalue weighted by atomic mass is 32.2. The second kappa shape index (κ2) is 11.2. The Hall–Kier alpha value is -3.32. The van der Waals surface area contributed by atoms with E-state index in [0.29, 0.717) is 11.6 Å². The average Bonchev–Trinajstić information content (AvgIpc) is 3.43. The number of benzene rings is 3. The molecular weight excluding hydrogens is 470 g/mol. The van der Waals surface area contributed by atoms with Gasteiger partial charge < -0.3 is 10.2 Å². The highest BCUT2D eigenvalue weighted by Crippen LogP contribution is 2.26. The Bertz CT molecular complexity index is 1250. The van der Waals surface area contributed by atoms with E-state index in [0.717, 1.165) is 24.2 Å². The number of carbonyl (C=O) groups excluding carboxylic acids is 1. The van der Waals surface area contributed by atoms with Crippen molar-refractivity contribution in [2.75, 3.05) is 28.8 Å². The Morgan fingerprint density at radius 1 is 0.861 bits per heavy atom. The van der Waals surface area contributed by atoms with Gasteiger partial charge in [0, 0.05) is 18.8 Å². The highest BCUT2D eigenvalue weighted by Gasteiger charge is 2.27. The van der Waals surface area contributed by atoms with E-state index in [1.165, 1.54) is 22.8 Å². The number of nitrogens with zero attached hydrogens (tertiary/aromatic N) is 2. The van der Waals surface area contributed by atoms with Gasteiger partial charge in [-0.1, -0.05) is 56.3 Å². The molecule has 1 unspecified atom stereocenters. The zero-order chi connectivity index (χ0) is 25.7. The monoisotopic (exact) mass is 505 g/mol. The fourth-order valence-corrected chi connectivity index (χ4v) is 5.95. The summed E-state index contributed by atoms with van der Waals surface area (Å²) in [6.45, 7) is 7.93. The summed E-state index contributed by atoms with van der Waals surface area (Å²) in [4.78, 5) is 15.6. The van der Waals surface area contributed by atoms with Crippen LogP contribution in [-0.2, 0) is 14.8 Å². The van der Waals surface area contributed by atoms with Gasteiger partial charge in [-0.15, -0.1) is 0 Å². The van der Waals surface area contributed by atoms with Gasteiger partial charge in [0.05, 0.1) is 16.6 Å². The van der Waals surface area contributed by atoms with Crippen molar-refractivity contribution in [3.8, 4) is 0 Å². The van der Waals surface area contributed by atoms with Gasteiger partial charge in [0.1, 0.15) is 6.54 Å². The lowest BCUT2D eigenvalue weighted by molar-refractivity contribution is -0.120. The molecule has 7 heteroatoms. The van der Waals surface area contributed by atoms with Crippen molar-refractivity contribution < 1.29 is 13.2 Å². The Morgan fingerprint density at radius 3 is 2.03 bits per heavy atom. The first-order chi connectivity index (χ1) is 17.3. The summed E-state index contributed by atoms with van der Waals surface area (Å²) in [7, 11) is -3.93. The molecule has 4 rings (SSSR count). The quantitative estimate of drug-likeness (QED) is 0.418. The first-order valence-electron chi connectivity index (χ1n) is 12.6. The Morgan fingerprint density at radius 2 is 1.44 bits per heavy atom. The van der Waals surface area contributed by atoms with Gasteiger partial charge in [-0.2, -0.15) is 0 Å². The van der Waals surface area contributed by atoms with E-state index in [2.05, 4.69) is 36.2 Å². The maximum Gasteiger partial charge on any atom is 0.264 e. The number of anilines is 2. The van der Waals surface area contributed by atoms with Crippen LogP contribution in [0, 0.1) is 0 Å². The second-order valence-electron chi connectivity index (χ2n) is 9.65.